The number of fused-ring (bicyclic) bond motifs is 3. The molecule has 1 aromatic carbocycles. The van der Waals surface area contributed by atoms with E-state index in [0.29, 0.717) is 16.4 Å². The van der Waals surface area contributed by atoms with Gasteiger partial charge in [0.15, 0.2) is 0 Å². The Balaban J connectivity index is 1.65. The Labute approximate surface area is 159 Å². The van der Waals surface area contributed by atoms with Crippen LogP contribution in [0.2, 0.25) is 0 Å². The Morgan fingerprint density at radius 1 is 1.20 bits per heavy atom. The summed E-state index contributed by atoms with van der Waals surface area (Å²) < 4.78 is 6.74. The number of carbonyl (C=O) groups is 1. The van der Waals surface area contributed by atoms with Crippen LogP contribution in [0.3, 0.4) is 0 Å². The van der Waals surface area contributed by atoms with Crippen LogP contribution in [-0.2, 0) is 15.1 Å². The second kappa shape index (κ2) is 6.83. The van der Waals surface area contributed by atoms with Crippen molar-refractivity contribution in [2.75, 3.05) is 19.6 Å². The highest BCUT2D eigenvalue weighted by Gasteiger charge is 2.46. The minimum Gasteiger partial charge on any atom is -0.458 e. The van der Waals surface area contributed by atoms with Crippen LogP contribution in [0.15, 0.2) is 46.3 Å². The topological polar surface area (TPSA) is 49.8 Å². The lowest BCUT2D eigenvalue weighted by molar-refractivity contribution is -0.176. The van der Waals surface area contributed by atoms with E-state index in [0.717, 1.165) is 36.3 Å². The first-order valence-electron chi connectivity index (χ1n) is 8.54. The lowest BCUT2D eigenvalue weighted by atomic mass is 9.85. The van der Waals surface area contributed by atoms with Crippen LogP contribution in [0.5, 0.6) is 0 Å². The summed E-state index contributed by atoms with van der Waals surface area (Å²) in [6.07, 6.45) is 1.99. The summed E-state index contributed by atoms with van der Waals surface area (Å²) in [5.74, 6) is -0.171. The molecule has 2 atom stereocenters. The maximum atomic E-state index is 13.1. The van der Waals surface area contributed by atoms with Crippen LogP contribution >= 0.6 is 27.3 Å². The van der Waals surface area contributed by atoms with Gasteiger partial charge in [-0.3, -0.25) is 4.90 Å². The van der Waals surface area contributed by atoms with Crippen molar-refractivity contribution in [1.29, 1.82) is 0 Å². The number of rotatable bonds is 4. The zero-order valence-electron chi connectivity index (χ0n) is 13.7. The van der Waals surface area contributed by atoms with Gasteiger partial charge in [-0.1, -0.05) is 30.3 Å². The van der Waals surface area contributed by atoms with E-state index in [1.54, 1.807) is 18.2 Å². The van der Waals surface area contributed by atoms with Crippen molar-refractivity contribution < 1.29 is 14.6 Å². The van der Waals surface area contributed by atoms with E-state index in [1.165, 1.54) is 11.3 Å². The number of piperidine rings is 3. The van der Waals surface area contributed by atoms with Crippen LogP contribution < -0.4 is 0 Å². The van der Waals surface area contributed by atoms with Crippen molar-refractivity contribution in [1.82, 2.24) is 4.90 Å². The molecule has 132 valence electrons. The molecule has 0 saturated carbocycles. The Kier molecular flexibility index (Phi) is 4.71. The van der Waals surface area contributed by atoms with Gasteiger partial charge in [-0.15, -0.1) is 11.3 Å². The maximum Gasteiger partial charge on any atom is 0.348 e. The summed E-state index contributed by atoms with van der Waals surface area (Å²) in [4.78, 5) is 16.0. The van der Waals surface area contributed by atoms with Crippen LogP contribution in [0.1, 0.15) is 23.3 Å². The fraction of sp³-hybridized carbons (Fsp3) is 0.421. The minimum atomic E-state index is -1.77. The number of nitrogens with zero attached hydrogens (tertiary/aromatic N) is 1. The van der Waals surface area contributed by atoms with Crippen LogP contribution in [0, 0.1) is 5.92 Å². The molecule has 0 spiro atoms. The van der Waals surface area contributed by atoms with Crippen molar-refractivity contribution in [3.05, 3.63) is 56.7 Å². The molecule has 4 heterocycles. The second-order valence-electron chi connectivity index (χ2n) is 6.76. The summed E-state index contributed by atoms with van der Waals surface area (Å²) >= 11 is 4.77. The number of thiophene rings is 1. The number of carbonyl (C=O) groups excluding carboxylic acids is 1. The zero-order valence-corrected chi connectivity index (χ0v) is 16.1. The van der Waals surface area contributed by atoms with E-state index in [2.05, 4.69) is 20.8 Å². The van der Waals surface area contributed by atoms with Crippen LogP contribution in [-0.4, -0.2) is 41.7 Å². The predicted molar refractivity (Wildman–Crippen MR) is 101 cm³/mol. The number of hydrogen-bond acceptors (Lipinski definition) is 5. The molecule has 4 nitrogen and oxygen atoms in total. The second-order valence-corrected chi connectivity index (χ2v) is 9.23. The molecule has 0 amide bonds. The molecule has 2 unspecified atom stereocenters. The van der Waals surface area contributed by atoms with Gasteiger partial charge in [0.05, 0.1) is 8.66 Å². The molecule has 6 heteroatoms. The molecule has 1 aromatic heterocycles. The summed E-state index contributed by atoms with van der Waals surface area (Å²) in [7, 11) is 0. The zero-order chi connectivity index (χ0) is 17.4. The molecular weight excluding hydrogens is 402 g/mol. The third-order valence-corrected chi connectivity index (χ3v) is 7.00. The molecule has 3 fully saturated rings. The average molecular weight is 422 g/mol. The van der Waals surface area contributed by atoms with Gasteiger partial charge >= 0.3 is 5.97 Å². The number of benzene rings is 1. The largest absolute Gasteiger partial charge is 0.458 e. The Hall–Kier alpha value is -1.21. The van der Waals surface area contributed by atoms with Crippen molar-refractivity contribution in [3.63, 3.8) is 0 Å². The van der Waals surface area contributed by atoms with E-state index < -0.39 is 11.6 Å². The van der Waals surface area contributed by atoms with E-state index in [1.807, 2.05) is 24.3 Å². The Morgan fingerprint density at radius 2 is 1.92 bits per heavy atom. The van der Waals surface area contributed by atoms with Crippen LogP contribution in [0.4, 0.5) is 0 Å². The van der Waals surface area contributed by atoms with Gasteiger partial charge in [0, 0.05) is 12.1 Å². The van der Waals surface area contributed by atoms with Crippen molar-refractivity contribution >= 4 is 33.2 Å². The summed E-state index contributed by atoms with van der Waals surface area (Å²) in [5, 5.41) is 11.4. The predicted octanol–water partition coefficient (Wildman–Crippen LogP) is 3.38. The standard InChI is InChI=1S/C19H20BrNO3S/c20-17-7-6-16(25-17)19(23,14-4-2-1-3-5-14)18(22)24-15-12-21-10-8-13(15)9-11-21/h1-7,13,15,23H,8-12H2. The van der Waals surface area contributed by atoms with Gasteiger partial charge in [-0.2, -0.15) is 0 Å². The van der Waals surface area contributed by atoms with Gasteiger partial charge in [-0.05, 0) is 59.9 Å². The summed E-state index contributed by atoms with van der Waals surface area (Å²) in [5.41, 5.74) is -1.24. The third-order valence-electron chi connectivity index (χ3n) is 5.27. The number of ether oxygens (including phenoxy) is 1. The van der Waals surface area contributed by atoms with Crippen LogP contribution in [0.25, 0.3) is 0 Å². The van der Waals surface area contributed by atoms with Gasteiger partial charge in [0.1, 0.15) is 6.10 Å². The van der Waals surface area contributed by atoms with E-state index in [9.17, 15) is 9.90 Å². The van der Waals surface area contributed by atoms with Gasteiger partial charge in [0.2, 0.25) is 5.60 Å². The van der Waals surface area contributed by atoms with E-state index in [-0.39, 0.29) is 6.10 Å². The molecule has 5 rings (SSSR count). The molecule has 25 heavy (non-hydrogen) atoms. The number of aliphatic hydroxyl groups is 1. The molecule has 3 aliphatic heterocycles. The fourth-order valence-electron chi connectivity index (χ4n) is 3.82. The highest BCUT2D eigenvalue weighted by Crippen LogP contribution is 2.39. The fourth-order valence-corrected chi connectivity index (χ4v) is 5.30. The highest BCUT2D eigenvalue weighted by atomic mass is 79.9. The van der Waals surface area contributed by atoms with Gasteiger partial charge in [-0.25, -0.2) is 4.79 Å². The first-order valence-corrected chi connectivity index (χ1v) is 10.2. The quantitative estimate of drug-likeness (QED) is 0.768. The normalized spacial score (nSPS) is 27.7. The van der Waals surface area contributed by atoms with Crippen molar-refractivity contribution in [2.24, 2.45) is 5.92 Å². The Bertz CT molecular complexity index is 757. The molecule has 1 N–H and O–H groups in total. The van der Waals surface area contributed by atoms with Gasteiger partial charge < -0.3 is 9.84 Å². The molecule has 2 aromatic rings. The smallest absolute Gasteiger partial charge is 0.348 e. The van der Waals surface area contributed by atoms with Gasteiger partial charge in [0.25, 0.3) is 0 Å². The summed E-state index contributed by atoms with van der Waals surface area (Å²) in [6.45, 7) is 2.94. The SMILES string of the molecule is O=C(OC1CN2CCC1CC2)C(O)(c1ccccc1)c1ccc(Br)s1. The third kappa shape index (κ3) is 3.16. The van der Waals surface area contributed by atoms with Crippen molar-refractivity contribution in [3.8, 4) is 0 Å². The van der Waals surface area contributed by atoms with Crippen molar-refractivity contribution in [2.45, 2.75) is 24.5 Å². The first kappa shape index (κ1) is 17.2. The number of halogens is 1. The minimum absolute atomic E-state index is 0.131. The van der Waals surface area contributed by atoms with E-state index in [4.69, 9.17) is 4.74 Å². The molecule has 3 saturated heterocycles. The molecular formula is C19H20BrNO3S. The summed E-state index contributed by atoms with van der Waals surface area (Å²) in [6, 6.07) is 12.7. The molecule has 0 radical (unpaired) electrons. The molecule has 0 aliphatic carbocycles. The average Bonchev–Trinajstić information content (AvgIpc) is 3.09. The Morgan fingerprint density at radius 3 is 2.48 bits per heavy atom. The first-order chi connectivity index (χ1) is 12.1. The lowest BCUT2D eigenvalue weighted by Gasteiger charge is -2.44. The monoisotopic (exact) mass is 421 g/mol. The number of hydrogen-bond donors (Lipinski definition) is 1. The lowest BCUT2D eigenvalue weighted by Crippen LogP contribution is -2.53. The van der Waals surface area contributed by atoms with E-state index >= 15 is 0 Å². The maximum absolute atomic E-state index is 13.1. The molecule has 2 bridgehead atoms. The highest BCUT2D eigenvalue weighted by molar-refractivity contribution is 9.11. The molecule has 3 aliphatic rings. The number of esters is 1.